The number of ketones is 1. The summed E-state index contributed by atoms with van der Waals surface area (Å²) in [4.78, 5) is 17.2. The Morgan fingerprint density at radius 3 is 2.04 bits per heavy atom. The Balaban J connectivity index is 1.45. The summed E-state index contributed by atoms with van der Waals surface area (Å²) >= 11 is 0. The summed E-state index contributed by atoms with van der Waals surface area (Å²) in [7, 11) is 1.68. The molecule has 28 heavy (non-hydrogen) atoms. The van der Waals surface area contributed by atoms with Crippen molar-refractivity contribution in [3.8, 4) is 11.5 Å². The number of benzene rings is 2. The van der Waals surface area contributed by atoms with Crippen molar-refractivity contribution in [1.82, 2.24) is 9.80 Å². The molecule has 5 nitrogen and oxygen atoms in total. The quantitative estimate of drug-likeness (QED) is 0.654. The lowest BCUT2D eigenvalue weighted by Crippen LogP contribution is -2.47. The van der Waals surface area contributed by atoms with Gasteiger partial charge in [0.15, 0.2) is 5.78 Å². The molecule has 1 aliphatic heterocycles. The van der Waals surface area contributed by atoms with Crippen molar-refractivity contribution < 1.29 is 14.3 Å². The Labute approximate surface area is 167 Å². The van der Waals surface area contributed by atoms with E-state index < -0.39 is 0 Å². The molecule has 0 saturated carbocycles. The number of nitrogens with zero attached hydrogens (tertiary/aromatic N) is 2. The lowest BCUT2D eigenvalue weighted by molar-refractivity contribution is 0.0844. The standard InChI is InChI=1S/C23H30N2O3/c1-18(2)28-22-10-6-20(7-11-22)23(26)17-25-14-12-24(13-15-25)16-19-4-8-21(27-3)9-5-19/h4-11,18H,12-17H2,1-3H3. The van der Waals surface area contributed by atoms with Crippen LogP contribution in [0.25, 0.3) is 0 Å². The summed E-state index contributed by atoms with van der Waals surface area (Å²) in [5.41, 5.74) is 2.03. The molecule has 5 heteroatoms. The van der Waals surface area contributed by atoms with Crippen molar-refractivity contribution in [2.75, 3.05) is 39.8 Å². The molecule has 1 aliphatic rings. The molecule has 1 saturated heterocycles. The van der Waals surface area contributed by atoms with Gasteiger partial charge in [0.1, 0.15) is 11.5 Å². The normalized spacial score (nSPS) is 15.6. The van der Waals surface area contributed by atoms with E-state index in [2.05, 4.69) is 21.9 Å². The summed E-state index contributed by atoms with van der Waals surface area (Å²) in [5, 5.41) is 0. The minimum absolute atomic E-state index is 0.135. The molecule has 0 spiro atoms. The van der Waals surface area contributed by atoms with Gasteiger partial charge in [0.2, 0.25) is 0 Å². The van der Waals surface area contributed by atoms with Gasteiger partial charge in [-0.3, -0.25) is 14.6 Å². The third-order valence-corrected chi connectivity index (χ3v) is 4.95. The second-order valence-corrected chi connectivity index (χ2v) is 7.51. The molecule has 3 rings (SSSR count). The fourth-order valence-corrected chi connectivity index (χ4v) is 3.38. The minimum atomic E-state index is 0.135. The maximum Gasteiger partial charge on any atom is 0.176 e. The van der Waals surface area contributed by atoms with Crippen molar-refractivity contribution in [2.45, 2.75) is 26.5 Å². The van der Waals surface area contributed by atoms with Crippen LogP contribution >= 0.6 is 0 Å². The van der Waals surface area contributed by atoms with E-state index in [4.69, 9.17) is 9.47 Å². The van der Waals surface area contributed by atoms with E-state index in [1.807, 2.05) is 50.2 Å². The summed E-state index contributed by atoms with van der Waals surface area (Å²) in [6, 6.07) is 15.7. The molecule has 0 bridgehead atoms. The molecule has 1 heterocycles. The predicted molar refractivity (Wildman–Crippen MR) is 111 cm³/mol. The van der Waals surface area contributed by atoms with Gasteiger partial charge in [-0.25, -0.2) is 0 Å². The average Bonchev–Trinajstić information content (AvgIpc) is 2.70. The Morgan fingerprint density at radius 1 is 0.893 bits per heavy atom. The van der Waals surface area contributed by atoms with Gasteiger partial charge < -0.3 is 9.47 Å². The zero-order chi connectivity index (χ0) is 19.9. The van der Waals surface area contributed by atoms with Crippen LogP contribution in [0, 0.1) is 0 Å². The topological polar surface area (TPSA) is 42.0 Å². The number of Topliss-reactive ketones (excluding diaryl/α,β-unsaturated/α-hetero) is 1. The van der Waals surface area contributed by atoms with Crippen LogP contribution in [0.15, 0.2) is 48.5 Å². The first-order valence-electron chi connectivity index (χ1n) is 9.91. The van der Waals surface area contributed by atoms with Gasteiger partial charge >= 0.3 is 0 Å². The second kappa shape index (κ2) is 9.71. The monoisotopic (exact) mass is 382 g/mol. The molecule has 150 valence electrons. The first-order valence-corrected chi connectivity index (χ1v) is 9.91. The molecule has 0 radical (unpaired) electrons. The summed E-state index contributed by atoms with van der Waals surface area (Å²) < 4.78 is 10.8. The lowest BCUT2D eigenvalue weighted by Gasteiger charge is -2.34. The van der Waals surface area contributed by atoms with Crippen LogP contribution in [0.4, 0.5) is 0 Å². The van der Waals surface area contributed by atoms with Crippen LogP contribution in [0.2, 0.25) is 0 Å². The molecule has 2 aromatic carbocycles. The van der Waals surface area contributed by atoms with E-state index in [0.29, 0.717) is 6.54 Å². The number of hydrogen-bond donors (Lipinski definition) is 0. The fourth-order valence-electron chi connectivity index (χ4n) is 3.38. The molecule has 0 amide bonds. The van der Waals surface area contributed by atoms with Crippen LogP contribution in [-0.2, 0) is 6.54 Å². The Morgan fingerprint density at radius 2 is 1.46 bits per heavy atom. The smallest absolute Gasteiger partial charge is 0.176 e. The van der Waals surface area contributed by atoms with Crippen molar-refractivity contribution in [2.24, 2.45) is 0 Å². The number of carbonyl (C=O) groups excluding carboxylic acids is 1. The third-order valence-electron chi connectivity index (χ3n) is 4.95. The van der Waals surface area contributed by atoms with E-state index in [0.717, 1.165) is 49.8 Å². The van der Waals surface area contributed by atoms with E-state index in [1.54, 1.807) is 7.11 Å². The number of hydrogen-bond acceptors (Lipinski definition) is 5. The van der Waals surface area contributed by atoms with E-state index >= 15 is 0 Å². The van der Waals surface area contributed by atoms with Gasteiger partial charge in [-0.1, -0.05) is 12.1 Å². The first kappa shape index (κ1) is 20.4. The molecular formula is C23H30N2O3. The Kier molecular flexibility index (Phi) is 7.06. The zero-order valence-electron chi connectivity index (χ0n) is 17.1. The van der Waals surface area contributed by atoms with Crippen LogP contribution in [0.5, 0.6) is 11.5 Å². The van der Waals surface area contributed by atoms with Gasteiger partial charge in [0, 0.05) is 38.3 Å². The van der Waals surface area contributed by atoms with Crippen LogP contribution < -0.4 is 9.47 Å². The summed E-state index contributed by atoms with van der Waals surface area (Å²) in [5.74, 6) is 1.86. The van der Waals surface area contributed by atoms with Gasteiger partial charge in [0.05, 0.1) is 19.8 Å². The lowest BCUT2D eigenvalue weighted by atomic mass is 10.1. The van der Waals surface area contributed by atoms with Gasteiger partial charge in [-0.05, 0) is 55.8 Å². The number of carbonyl (C=O) groups is 1. The van der Waals surface area contributed by atoms with Crippen LogP contribution in [-0.4, -0.2) is 61.5 Å². The van der Waals surface area contributed by atoms with Crippen LogP contribution in [0.1, 0.15) is 29.8 Å². The van der Waals surface area contributed by atoms with Gasteiger partial charge in [0.25, 0.3) is 0 Å². The maximum absolute atomic E-state index is 12.6. The molecule has 1 fully saturated rings. The van der Waals surface area contributed by atoms with Crippen molar-refractivity contribution >= 4 is 5.78 Å². The highest BCUT2D eigenvalue weighted by Gasteiger charge is 2.19. The molecular weight excluding hydrogens is 352 g/mol. The molecule has 2 aromatic rings. The number of methoxy groups -OCH3 is 1. The van der Waals surface area contributed by atoms with Gasteiger partial charge in [-0.15, -0.1) is 0 Å². The fraction of sp³-hybridized carbons (Fsp3) is 0.435. The van der Waals surface area contributed by atoms with Crippen LogP contribution in [0.3, 0.4) is 0 Å². The van der Waals surface area contributed by atoms with Crippen molar-refractivity contribution in [1.29, 1.82) is 0 Å². The van der Waals surface area contributed by atoms with E-state index in [-0.39, 0.29) is 11.9 Å². The second-order valence-electron chi connectivity index (χ2n) is 7.51. The van der Waals surface area contributed by atoms with Gasteiger partial charge in [-0.2, -0.15) is 0 Å². The first-order chi connectivity index (χ1) is 13.5. The van der Waals surface area contributed by atoms with E-state index in [1.165, 1.54) is 5.56 Å². The number of ether oxygens (including phenoxy) is 2. The molecule has 0 unspecified atom stereocenters. The molecule has 0 aromatic heterocycles. The molecule has 0 aliphatic carbocycles. The Bertz CT molecular complexity index is 748. The average molecular weight is 383 g/mol. The number of piperazine rings is 1. The highest BCUT2D eigenvalue weighted by molar-refractivity contribution is 5.97. The third kappa shape index (κ3) is 5.81. The highest BCUT2D eigenvalue weighted by Crippen LogP contribution is 2.16. The van der Waals surface area contributed by atoms with Crippen molar-refractivity contribution in [3.63, 3.8) is 0 Å². The number of rotatable bonds is 8. The summed E-state index contributed by atoms with van der Waals surface area (Å²) in [6.45, 7) is 9.17. The minimum Gasteiger partial charge on any atom is -0.497 e. The predicted octanol–water partition coefficient (Wildman–Crippen LogP) is 3.48. The largest absolute Gasteiger partial charge is 0.497 e. The summed E-state index contributed by atoms with van der Waals surface area (Å²) in [6.07, 6.45) is 0.135. The maximum atomic E-state index is 12.6. The molecule has 0 N–H and O–H groups in total. The van der Waals surface area contributed by atoms with Crippen molar-refractivity contribution in [3.05, 3.63) is 59.7 Å². The zero-order valence-corrected chi connectivity index (χ0v) is 17.1. The highest BCUT2D eigenvalue weighted by atomic mass is 16.5. The Hall–Kier alpha value is -2.37. The van der Waals surface area contributed by atoms with E-state index in [9.17, 15) is 4.79 Å². The SMILES string of the molecule is COc1ccc(CN2CCN(CC(=O)c3ccc(OC(C)C)cc3)CC2)cc1. The molecule has 0 atom stereocenters.